The number of hydrogen-bond acceptors (Lipinski definition) is 4. The van der Waals surface area contributed by atoms with E-state index >= 15 is 0 Å². The van der Waals surface area contributed by atoms with Gasteiger partial charge >= 0.3 is 6.09 Å². The molecule has 0 saturated carbocycles. The van der Waals surface area contributed by atoms with Crippen molar-refractivity contribution in [3.05, 3.63) is 60.2 Å². The van der Waals surface area contributed by atoms with Crippen molar-refractivity contribution in [2.45, 2.75) is 6.92 Å². The highest BCUT2D eigenvalue weighted by Crippen LogP contribution is 2.09. The summed E-state index contributed by atoms with van der Waals surface area (Å²) < 4.78 is 0. The van der Waals surface area contributed by atoms with Gasteiger partial charge in [0.15, 0.2) is 0 Å². The third-order valence-electron chi connectivity index (χ3n) is 2.61. The van der Waals surface area contributed by atoms with Crippen LogP contribution in [0.15, 0.2) is 59.8 Å². The molecule has 2 aromatic rings. The van der Waals surface area contributed by atoms with Gasteiger partial charge in [-0.05, 0) is 36.8 Å². The molecule has 0 atom stereocenters. The van der Waals surface area contributed by atoms with Crippen LogP contribution in [0.5, 0.6) is 0 Å². The molecular weight excluding hydrogens is 282 g/mol. The van der Waals surface area contributed by atoms with Crippen molar-refractivity contribution in [2.24, 2.45) is 5.16 Å². The molecule has 0 aromatic heterocycles. The minimum absolute atomic E-state index is 0.488. The molecule has 0 aliphatic heterocycles. The van der Waals surface area contributed by atoms with Crippen molar-refractivity contribution in [3.8, 4) is 0 Å². The molecule has 2 aromatic carbocycles. The van der Waals surface area contributed by atoms with Crippen molar-refractivity contribution in [3.63, 3.8) is 0 Å². The summed E-state index contributed by atoms with van der Waals surface area (Å²) in [4.78, 5) is 27.5. The summed E-state index contributed by atoms with van der Waals surface area (Å²) in [5.41, 5.74) is 2.24. The van der Waals surface area contributed by atoms with E-state index in [1.54, 1.807) is 30.3 Å². The highest BCUT2D eigenvalue weighted by molar-refractivity contribution is 6.31. The van der Waals surface area contributed by atoms with Crippen LogP contribution < -0.4 is 10.6 Å². The molecule has 2 rings (SSSR count). The highest BCUT2D eigenvalue weighted by Gasteiger charge is 2.03. The minimum atomic E-state index is -0.772. The zero-order valence-corrected chi connectivity index (χ0v) is 11.9. The summed E-state index contributed by atoms with van der Waals surface area (Å²) in [5.74, 6) is -0.488. The maximum Gasteiger partial charge on any atom is 0.437 e. The summed E-state index contributed by atoms with van der Waals surface area (Å²) >= 11 is 0. The second-order valence-electron chi connectivity index (χ2n) is 4.46. The first-order chi connectivity index (χ1) is 10.6. The molecule has 0 aliphatic rings. The lowest BCUT2D eigenvalue weighted by Gasteiger charge is -2.03. The Labute approximate surface area is 127 Å². The molecule has 0 aliphatic carbocycles. The first-order valence-corrected chi connectivity index (χ1v) is 6.57. The van der Waals surface area contributed by atoms with Crippen LogP contribution in [0, 0.1) is 6.92 Å². The zero-order chi connectivity index (χ0) is 15.8. The zero-order valence-electron chi connectivity index (χ0n) is 11.9. The van der Waals surface area contributed by atoms with E-state index in [1.165, 1.54) is 0 Å². The summed E-state index contributed by atoms with van der Waals surface area (Å²) in [6, 6.07) is 16.1. The van der Waals surface area contributed by atoms with E-state index in [0.29, 0.717) is 11.4 Å². The lowest BCUT2D eigenvalue weighted by atomic mass is 10.2. The lowest BCUT2D eigenvalue weighted by Crippen LogP contribution is -2.15. The van der Waals surface area contributed by atoms with Crippen LogP contribution in [0.1, 0.15) is 5.56 Å². The third-order valence-corrected chi connectivity index (χ3v) is 2.61. The van der Waals surface area contributed by atoms with Crippen molar-refractivity contribution in [1.29, 1.82) is 0 Å². The van der Waals surface area contributed by atoms with Gasteiger partial charge < -0.3 is 5.32 Å². The van der Waals surface area contributed by atoms with E-state index in [4.69, 9.17) is 0 Å². The first-order valence-electron chi connectivity index (χ1n) is 6.57. The number of rotatable bonds is 4. The number of nitrogens with zero attached hydrogens (tertiary/aromatic N) is 1. The summed E-state index contributed by atoms with van der Waals surface area (Å²) in [7, 11) is 0. The van der Waals surface area contributed by atoms with Crippen LogP contribution in [-0.4, -0.2) is 18.2 Å². The molecule has 0 radical (unpaired) electrons. The average molecular weight is 297 g/mol. The van der Waals surface area contributed by atoms with Gasteiger partial charge in [0.25, 0.3) is 5.91 Å². The van der Waals surface area contributed by atoms with Gasteiger partial charge in [-0.2, -0.15) is 0 Å². The number of para-hydroxylation sites is 1. The van der Waals surface area contributed by atoms with E-state index in [2.05, 4.69) is 20.6 Å². The topological polar surface area (TPSA) is 79.8 Å². The second kappa shape index (κ2) is 7.58. The monoisotopic (exact) mass is 297 g/mol. The molecule has 0 heterocycles. The third kappa shape index (κ3) is 5.09. The molecule has 6 heteroatoms. The van der Waals surface area contributed by atoms with E-state index < -0.39 is 12.0 Å². The molecule has 0 bridgehead atoms. The molecule has 2 N–H and O–H groups in total. The predicted octanol–water partition coefficient (Wildman–Crippen LogP) is 3.17. The Hall–Kier alpha value is -3.15. The molecule has 0 spiro atoms. The Morgan fingerprint density at radius 3 is 2.45 bits per heavy atom. The Bertz CT molecular complexity index is 684. The maximum atomic E-state index is 11.6. The molecule has 0 fully saturated rings. The number of oxime groups is 1. The molecule has 6 nitrogen and oxygen atoms in total. The van der Waals surface area contributed by atoms with Crippen LogP contribution in [0.25, 0.3) is 0 Å². The molecule has 0 unspecified atom stereocenters. The van der Waals surface area contributed by atoms with E-state index in [1.807, 2.05) is 31.2 Å². The summed E-state index contributed by atoms with van der Waals surface area (Å²) in [6.07, 6.45) is 0.123. The first kappa shape index (κ1) is 15.2. The predicted molar refractivity (Wildman–Crippen MR) is 84.8 cm³/mol. The quantitative estimate of drug-likeness (QED) is 0.517. The van der Waals surface area contributed by atoms with Gasteiger partial charge in [-0.15, -0.1) is 0 Å². The number of aryl methyl sites for hydroxylation is 1. The van der Waals surface area contributed by atoms with Crippen LogP contribution in [0.4, 0.5) is 16.2 Å². The number of anilines is 2. The number of carbonyl (C=O) groups is 2. The van der Waals surface area contributed by atoms with Crippen molar-refractivity contribution in [1.82, 2.24) is 0 Å². The van der Waals surface area contributed by atoms with E-state index in [0.717, 1.165) is 11.8 Å². The highest BCUT2D eigenvalue weighted by atomic mass is 16.7. The molecule has 0 saturated heterocycles. The normalized spacial score (nSPS) is 10.2. The Balaban J connectivity index is 1.79. The molecular formula is C16H15N3O3. The number of hydrogen-bond donors (Lipinski definition) is 2. The number of benzene rings is 2. The largest absolute Gasteiger partial charge is 0.437 e. The molecule has 22 heavy (non-hydrogen) atoms. The fourth-order valence-corrected chi connectivity index (χ4v) is 1.68. The van der Waals surface area contributed by atoms with Crippen molar-refractivity contribution in [2.75, 3.05) is 10.6 Å². The van der Waals surface area contributed by atoms with Gasteiger partial charge in [-0.3, -0.25) is 14.9 Å². The van der Waals surface area contributed by atoms with Gasteiger partial charge in [0.05, 0.1) is 0 Å². The van der Waals surface area contributed by atoms with E-state index in [9.17, 15) is 9.59 Å². The minimum Gasteiger partial charge on any atom is -0.321 e. The van der Waals surface area contributed by atoms with Crippen molar-refractivity contribution >= 4 is 29.6 Å². The Morgan fingerprint density at radius 1 is 1.00 bits per heavy atom. The average Bonchev–Trinajstić information content (AvgIpc) is 2.48. The number of amides is 2. The van der Waals surface area contributed by atoms with Crippen LogP contribution in [0.2, 0.25) is 0 Å². The standard InChI is InChI=1S/C16H15N3O3/c1-12-6-5-9-14(10-12)18-15(20)11-17-22-16(21)19-13-7-3-2-4-8-13/h2-11H,1H3,(H,18,20)(H,19,21)/b17-11-. The number of carbonyl (C=O) groups excluding carboxylic acids is 2. The van der Waals surface area contributed by atoms with Gasteiger partial charge in [0, 0.05) is 11.4 Å². The van der Waals surface area contributed by atoms with Crippen LogP contribution in [-0.2, 0) is 9.63 Å². The summed E-state index contributed by atoms with van der Waals surface area (Å²) in [6.45, 7) is 1.92. The maximum absolute atomic E-state index is 11.6. The van der Waals surface area contributed by atoms with Crippen LogP contribution >= 0.6 is 0 Å². The smallest absolute Gasteiger partial charge is 0.321 e. The molecule has 112 valence electrons. The lowest BCUT2D eigenvalue weighted by molar-refractivity contribution is -0.110. The van der Waals surface area contributed by atoms with Gasteiger partial charge in [0.2, 0.25) is 0 Å². The number of nitrogens with one attached hydrogen (secondary N) is 2. The van der Waals surface area contributed by atoms with Crippen LogP contribution in [0.3, 0.4) is 0 Å². The van der Waals surface area contributed by atoms with Gasteiger partial charge in [-0.25, -0.2) is 4.79 Å². The molecule has 2 amide bonds. The van der Waals surface area contributed by atoms with Crippen molar-refractivity contribution < 1.29 is 14.4 Å². The van der Waals surface area contributed by atoms with Gasteiger partial charge in [0.1, 0.15) is 6.21 Å². The fourth-order valence-electron chi connectivity index (χ4n) is 1.68. The Kier molecular flexibility index (Phi) is 5.25. The Morgan fingerprint density at radius 2 is 1.73 bits per heavy atom. The van der Waals surface area contributed by atoms with E-state index in [-0.39, 0.29) is 0 Å². The fraction of sp³-hybridized carbons (Fsp3) is 0.0625. The summed E-state index contributed by atoms with van der Waals surface area (Å²) in [5, 5.41) is 8.41. The SMILES string of the molecule is Cc1cccc(NC(=O)/C=N\OC(=O)Nc2ccccc2)c1. The second-order valence-corrected chi connectivity index (χ2v) is 4.46. The van der Waals surface area contributed by atoms with Gasteiger partial charge in [-0.1, -0.05) is 35.5 Å².